The number of amides is 1. The monoisotopic (exact) mass is 501 g/mol. The highest BCUT2D eigenvalue weighted by Gasteiger charge is 2.21. The third-order valence-corrected chi connectivity index (χ3v) is 7.28. The number of nitrogens with one attached hydrogen (secondary N) is 3. The molecule has 5 aromatic rings. The van der Waals surface area contributed by atoms with Crippen molar-refractivity contribution in [2.24, 2.45) is 0 Å². The number of aromatic amines is 1. The second-order valence-corrected chi connectivity index (χ2v) is 9.54. The first-order valence-corrected chi connectivity index (χ1v) is 12.4. The number of anilines is 2. The lowest BCUT2D eigenvalue weighted by Gasteiger charge is -2.28. The molecule has 1 saturated heterocycles. The van der Waals surface area contributed by atoms with E-state index in [1.807, 2.05) is 24.4 Å². The SMILES string of the molecule is O=C(NO)c1ccc(NCc2cc3nc(-c4cccc5[nH]ncc45)nc(N4CCOCC4)c3s2)cc1. The summed E-state index contributed by atoms with van der Waals surface area (Å²) in [7, 11) is 0. The summed E-state index contributed by atoms with van der Waals surface area (Å²) in [6, 6.07) is 15.0. The van der Waals surface area contributed by atoms with Gasteiger partial charge in [-0.05, 0) is 36.4 Å². The number of aromatic nitrogens is 4. The lowest BCUT2D eigenvalue weighted by atomic mass is 10.1. The summed E-state index contributed by atoms with van der Waals surface area (Å²) in [4.78, 5) is 24.9. The first-order valence-electron chi connectivity index (χ1n) is 11.5. The van der Waals surface area contributed by atoms with Crippen molar-refractivity contribution < 1.29 is 14.7 Å². The lowest BCUT2D eigenvalue weighted by Crippen LogP contribution is -2.36. The standard InChI is InChI=1S/C25H23N7O3S/c33-25(31-34)15-4-6-16(7-5-15)26-13-17-12-21-22(36-17)24(32-8-10-35-11-9-32)29-23(28-21)18-2-1-3-20-19(18)14-27-30-20/h1-7,12,14,26,34H,8-11,13H2,(H,27,30)(H,31,33). The second kappa shape index (κ2) is 9.53. The molecule has 6 rings (SSSR count). The fraction of sp³-hybridized carbons (Fsp3) is 0.200. The Balaban J connectivity index is 1.35. The summed E-state index contributed by atoms with van der Waals surface area (Å²) >= 11 is 1.67. The minimum atomic E-state index is -0.540. The Labute approximate surface area is 209 Å². The highest BCUT2D eigenvalue weighted by atomic mass is 32.1. The molecule has 0 aliphatic carbocycles. The fourth-order valence-electron chi connectivity index (χ4n) is 4.32. The third kappa shape index (κ3) is 4.24. The molecule has 182 valence electrons. The summed E-state index contributed by atoms with van der Waals surface area (Å²) in [5.74, 6) is 1.06. The molecule has 1 fully saturated rings. The van der Waals surface area contributed by atoms with Crippen LogP contribution in [0.5, 0.6) is 0 Å². The van der Waals surface area contributed by atoms with Gasteiger partial charge in [0.2, 0.25) is 0 Å². The van der Waals surface area contributed by atoms with Crippen LogP contribution in [0.1, 0.15) is 15.2 Å². The predicted octanol–water partition coefficient (Wildman–Crippen LogP) is 3.80. The summed E-state index contributed by atoms with van der Waals surface area (Å²) in [6.07, 6.45) is 1.81. The maximum absolute atomic E-state index is 11.5. The Morgan fingerprint density at radius 3 is 2.78 bits per heavy atom. The topological polar surface area (TPSA) is 128 Å². The minimum Gasteiger partial charge on any atom is -0.380 e. The maximum Gasteiger partial charge on any atom is 0.274 e. The Morgan fingerprint density at radius 1 is 1.14 bits per heavy atom. The van der Waals surface area contributed by atoms with Gasteiger partial charge >= 0.3 is 0 Å². The Morgan fingerprint density at radius 2 is 1.97 bits per heavy atom. The van der Waals surface area contributed by atoms with Gasteiger partial charge in [0.05, 0.1) is 35.1 Å². The number of nitrogens with zero attached hydrogens (tertiary/aromatic N) is 4. The first-order chi connectivity index (χ1) is 17.7. The third-order valence-electron chi connectivity index (χ3n) is 6.16. The molecule has 4 heterocycles. The van der Waals surface area contributed by atoms with Gasteiger partial charge in [0.1, 0.15) is 0 Å². The molecule has 0 atom stereocenters. The van der Waals surface area contributed by atoms with Crippen LogP contribution in [0.25, 0.3) is 32.5 Å². The van der Waals surface area contributed by atoms with E-state index in [9.17, 15) is 4.79 Å². The van der Waals surface area contributed by atoms with E-state index in [2.05, 4.69) is 26.5 Å². The van der Waals surface area contributed by atoms with E-state index in [0.717, 1.165) is 56.2 Å². The summed E-state index contributed by atoms with van der Waals surface area (Å²) in [5.41, 5.74) is 5.68. The molecule has 36 heavy (non-hydrogen) atoms. The van der Waals surface area contributed by atoms with Crippen LogP contribution < -0.4 is 15.7 Å². The largest absolute Gasteiger partial charge is 0.380 e. The lowest BCUT2D eigenvalue weighted by molar-refractivity contribution is 0.0706. The van der Waals surface area contributed by atoms with Gasteiger partial charge < -0.3 is 15.0 Å². The molecule has 0 saturated carbocycles. The number of ether oxygens (including phenoxy) is 1. The van der Waals surface area contributed by atoms with Crippen LogP contribution in [-0.2, 0) is 11.3 Å². The van der Waals surface area contributed by atoms with Gasteiger partial charge in [-0.15, -0.1) is 11.3 Å². The maximum atomic E-state index is 11.5. The van der Waals surface area contributed by atoms with Crippen LogP contribution in [0.3, 0.4) is 0 Å². The van der Waals surface area contributed by atoms with Crippen LogP contribution in [0.4, 0.5) is 11.5 Å². The van der Waals surface area contributed by atoms with Crippen LogP contribution in [0.15, 0.2) is 54.7 Å². The molecular weight excluding hydrogens is 478 g/mol. The average Bonchev–Trinajstić information content (AvgIpc) is 3.58. The van der Waals surface area contributed by atoms with Crippen LogP contribution >= 0.6 is 11.3 Å². The zero-order valence-electron chi connectivity index (χ0n) is 19.2. The number of carbonyl (C=O) groups excluding carboxylic acids is 1. The number of benzene rings is 2. The number of rotatable bonds is 6. The number of thiophene rings is 1. The summed E-state index contributed by atoms with van der Waals surface area (Å²) in [6.45, 7) is 3.49. The predicted molar refractivity (Wildman–Crippen MR) is 139 cm³/mol. The van der Waals surface area contributed by atoms with Gasteiger partial charge in [-0.1, -0.05) is 12.1 Å². The van der Waals surface area contributed by atoms with Crippen molar-refractivity contribution in [3.8, 4) is 11.4 Å². The van der Waals surface area contributed by atoms with E-state index in [-0.39, 0.29) is 0 Å². The van der Waals surface area contributed by atoms with Gasteiger partial charge in [0, 0.05) is 46.7 Å². The highest BCUT2D eigenvalue weighted by molar-refractivity contribution is 7.19. The highest BCUT2D eigenvalue weighted by Crippen LogP contribution is 2.36. The van der Waals surface area contributed by atoms with E-state index < -0.39 is 5.91 Å². The van der Waals surface area contributed by atoms with E-state index in [4.69, 9.17) is 19.9 Å². The number of carbonyl (C=O) groups is 1. The number of hydrogen-bond acceptors (Lipinski definition) is 9. The summed E-state index contributed by atoms with van der Waals surface area (Å²) in [5, 5.41) is 20.4. The molecule has 11 heteroatoms. The molecular formula is C25H23N7O3S. The van der Waals surface area contributed by atoms with Crippen molar-refractivity contribution >= 4 is 49.9 Å². The van der Waals surface area contributed by atoms with Crippen molar-refractivity contribution in [1.29, 1.82) is 0 Å². The molecule has 2 aromatic carbocycles. The molecule has 0 bridgehead atoms. The van der Waals surface area contributed by atoms with Crippen LogP contribution in [0.2, 0.25) is 0 Å². The Bertz CT molecular complexity index is 1540. The number of fused-ring (bicyclic) bond motifs is 2. The average molecular weight is 502 g/mol. The normalized spacial score (nSPS) is 13.9. The van der Waals surface area contributed by atoms with Crippen molar-refractivity contribution in [2.75, 3.05) is 36.5 Å². The molecule has 1 aliphatic rings. The zero-order chi connectivity index (χ0) is 24.5. The van der Waals surface area contributed by atoms with E-state index >= 15 is 0 Å². The van der Waals surface area contributed by atoms with Crippen LogP contribution in [0, 0.1) is 0 Å². The van der Waals surface area contributed by atoms with Gasteiger partial charge in [-0.3, -0.25) is 15.1 Å². The number of hydroxylamine groups is 1. The summed E-state index contributed by atoms with van der Waals surface area (Å²) < 4.78 is 6.62. The van der Waals surface area contributed by atoms with Crippen molar-refractivity contribution in [1.82, 2.24) is 25.6 Å². The Kier molecular flexibility index (Phi) is 5.93. The van der Waals surface area contributed by atoms with Gasteiger partial charge in [0.15, 0.2) is 11.6 Å². The van der Waals surface area contributed by atoms with Gasteiger partial charge in [0.25, 0.3) is 5.91 Å². The quantitative estimate of drug-likeness (QED) is 0.204. The molecule has 4 N–H and O–H groups in total. The second-order valence-electron chi connectivity index (χ2n) is 8.41. The number of morpholine rings is 1. The number of hydrogen-bond donors (Lipinski definition) is 4. The molecule has 0 radical (unpaired) electrons. The zero-order valence-corrected chi connectivity index (χ0v) is 20.0. The molecule has 1 amide bonds. The fourth-order valence-corrected chi connectivity index (χ4v) is 5.37. The van der Waals surface area contributed by atoms with Gasteiger partial charge in [-0.25, -0.2) is 15.4 Å². The van der Waals surface area contributed by atoms with E-state index in [1.165, 1.54) is 0 Å². The van der Waals surface area contributed by atoms with E-state index in [0.29, 0.717) is 31.1 Å². The smallest absolute Gasteiger partial charge is 0.274 e. The molecule has 0 spiro atoms. The van der Waals surface area contributed by atoms with Crippen LogP contribution in [-0.4, -0.2) is 57.6 Å². The molecule has 10 nitrogen and oxygen atoms in total. The molecule has 3 aromatic heterocycles. The van der Waals surface area contributed by atoms with Gasteiger partial charge in [-0.2, -0.15) is 5.10 Å². The first kappa shape index (κ1) is 22.4. The number of H-pyrrole nitrogens is 1. The van der Waals surface area contributed by atoms with Crippen molar-refractivity contribution in [3.05, 3.63) is 65.2 Å². The van der Waals surface area contributed by atoms with Crippen molar-refractivity contribution in [3.63, 3.8) is 0 Å². The van der Waals surface area contributed by atoms with E-state index in [1.54, 1.807) is 41.1 Å². The molecule has 1 aliphatic heterocycles. The Hall–Kier alpha value is -4.06. The van der Waals surface area contributed by atoms with Crippen molar-refractivity contribution in [2.45, 2.75) is 6.54 Å². The molecule has 0 unspecified atom stereocenters. The minimum absolute atomic E-state index is 0.385.